The van der Waals surface area contributed by atoms with E-state index in [0.717, 1.165) is 24.0 Å². The Bertz CT molecular complexity index is 884. The van der Waals surface area contributed by atoms with Gasteiger partial charge in [-0.15, -0.1) is 0 Å². The summed E-state index contributed by atoms with van der Waals surface area (Å²) in [6, 6.07) is 8.63. The summed E-state index contributed by atoms with van der Waals surface area (Å²) >= 11 is 0. The molecule has 0 atom stereocenters. The average molecular weight is 360 g/mol. The topological polar surface area (TPSA) is 70.8 Å². The molecule has 2 aliphatic rings. The molecule has 1 aromatic carbocycles. The van der Waals surface area contributed by atoms with Crippen LogP contribution in [-0.4, -0.2) is 43.2 Å². The van der Waals surface area contributed by atoms with Crippen molar-refractivity contribution in [2.45, 2.75) is 30.7 Å². The average Bonchev–Trinajstić information content (AvgIpc) is 3.33. The summed E-state index contributed by atoms with van der Waals surface area (Å²) in [4.78, 5) is 14.5. The first-order chi connectivity index (χ1) is 12.1. The molecule has 132 valence electrons. The van der Waals surface area contributed by atoms with E-state index < -0.39 is 10.0 Å². The smallest absolute Gasteiger partial charge is 0.289 e. The molecule has 7 heteroatoms. The quantitative estimate of drug-likeness (QED) is 0.842. The summed E-state index contributed by atoms with van der Waals surface area (Å²) in [7, 11) is -3.44. The fourth-order valence-corrected chi connectivity index (χ4v) is 5.07. The van der Waals surface area contributed by atoms with E-state index in [1.54, 1.807) is 33.5 Å². The van der Waals surface area contributed by atoms with Crippen molar-refractivity contribution in [3.8, 4) is 0 Å². The van der Waals surface area contributed by atoms with Gasteiger partial charge in [-0.3, -0.25) is 4.79 Å². The van der Waals surface area contributed by atoms with Gasteiger partial charge in [0.25, 0.3) is 5.91 Å². The molecule has 3 heterocycles. The van der Waals surface area contributed by atoms with E-state index >= 15 is 0 Å². The van der Waals surface area contributed by atoms with Crippen LogP contribution >= 0.6 is 0 Å². The Morgan fingerprint density at radius 3 is 2.56 bits per heavy atom. The minimum Gasteiger partial charge on any atom is -0.459 e. The number of amides is 1. The van der Waals surface area contributed by atoms with E-state index in [-0.39, 0.29) is 5.91 Å². The van der Waals surface area contributed by atoms with Gasteiger partial charge in [0.1, 0.15) is 0 Å². The lowest BCUT2D eigenvalue weighted by atomic mass is 10.00. The van der Waals surface area contributed by atoms with Crippen LogP contribution in [0.2, 0.25) is 0 Å². The zero-order valence-corrected chi connectivity index (χ0v) is 14.7. The van der Waals surface area contributed by atoms with Crippen LogP contribution in [0, 0.1) is 0 Å². The van der Waals surface area contributed by atoms with Crippen LogP contribution in [-0.2, 0) is 23.0 Å². The highest BCUT2D eigenvalue weighted by molar-refractivity contribution is 7.89. The van der Waals surface area contributed by atoms with E-state index in [9.17, 15) is 13.2 Å². The number of sulfonamides is 1. The molecule has 2 aliphatic heterocycles. The number of carbonyl (C=O) groups excluding carboxylic acids is 1. The Hall–Kier alpha value is -2.12. The van der Waals surface area contributed by atoms with Crippen molar-refractivity contribution in [1.29, 1.82) is 0 Å². The van der Waals surface area contributed by atoms with Gasteiger partial charge in [-0.1, -0.05) is 6.07 Å². The number of rotatable bonds is 3. The van der Waals surface area contributed by atoms with Crippen LogP contribution < -0.4 is 0 Å². The van der Waals surface area contributed by atoms with Gasteiger partial charge in [0.05, 0.1) is 11.2 Å². The van der Waals surface area contributed by atoms with Crippen molar-refractivity contribution in [1.82, 2.24) is 9.21 Å². The van der Waals surface area contributed by atoms with Crippen molar-refractivity contribution in [3.05, 3.63) is 53.5 Å². The highest BCUT2D eigenvalue weighted by Gasteiger charge is 2.29. The maximum atomic E-state index is 12.8. The largest absolute Gasteiger partial charge is 0.459 e. The Morgan fingerprint density at radius 2 is 1.84 bits per heavy atom. The second-order valence-corrected chi connectivity index (χ2v) is 8.43. The number of hydrogen-bond acceptors (Lipinski definition) is 4. The van der Waals surface area contributed by atoms with E-state index in [1.165, 1.54) is 6.26 Å². The van der Waals surface area contributed by atoms with E-state index in [2.05, 4.69) is 0 Å². The summed E-state index contributed by atoms with van der Waals surface area (Å²) < 4.78 is 32.2. The lowest BCUT2D eigenvalue weighted by molar-refractivity contribution is 0.0702. The van der Waals surface area contributed by atoms with Gasteiger partial charge < -0.3 is 9.32 Å². The number of furan rings is 1. The molecule has 0 unspecified atom stereocenters. The number of hydrogen-bond donors (Lipinski definition) is 0. The highest BCUT2D eigenvalue weighted by Crippen LogP contribution is 2.27. The monoisotopic (exact) mass is 360 g/mol. The van der Waals surface area contributed by atoms with Gasteiger partial charge in [0, 0.05) is 26.2 Å². The van der Waals surface area contributed by atoms with Crippen LogP contribution in [0.25, 0.3) is 0 Å². The number of carbonyl (C=O) groups is 1. The molecule has 6 nitrogen and oxygen atoms in total. The predicted molar refractivity (Wildman–Crippen MR) is 91.6 cm³/mol. The second kappa shape index (κ2) is 6.31. The summed E-state index contributed by atoms with van der Waals surface area (Å²) in [6.07, 6.45) is 4.02. The molecule has 0 N–H and O–H groups in total. The fourth-order valence-electron chi connectivity index (χ4n) is 3.50. The van der Waals surface area contributed by atoms with Crippen LogP contribution in [0.4, 0.5) is 0 Å². The van der Waals surface area contributed by atoms with Crippen LogP contribution in [0.3, 0.4) is 0 Å². The van der Waals surface area contributed by atoms with Crippen LogP contribution in [0.15, 0.2) is 45.9 Å². The summed E-state index contributed by atoms with van der Waals surface area (Å²) in [5.41, 5.74) is 2.00. The van der Waals surface area contributed by atoms with E-state index in [0.29, 0.717) is 43.3 Å². The molecule has 1 aromatic heterocycles. The van der Waals surface area contributed by atoms with Crippen LogP contribution in [0.5, 0.6) is 0 Å². The maximum absolute atomic E-state index is 12.8. The zero-order valence-electron chi connectivity index (χ0n) is 13.8. The molecule has 1 amide bonds. The summed E-state index contributed by atoms with van der Waals surface area (Å²) in [5, 5.41) is 0. The molecule has 2 aromatic rings. The normalized spacial score (nSPS) is 18.3. The van der Waals surface area contributed by atoms with Gasteiger partial charge in [0.2, 0.25) is 10.0 Å². The van der Waals surface area contributed by atoms with E-state index in [1.807, 2.05) is 6.07 Å². The van der Waals surface area contributed by atoms with Crippen molar-refractivity contribution < 1.29 is 17.6 Å². The lowest BCUT2D eigenvalue weighted by Gasteiger charge is -2.29. The van der Waals surface area contributed by atoms with Gasteiger partial charge in [-0.2, -0.15) is 4.31 Å². The first-order valence-corrected chi connectivity index (χ1v) is 9.94. The van der Waals surface area contributed by atoms with Crippen molar-refractivity contribution in [3.63, 3.8) is 0 Å². The molecule has 1 saturated heterocycles. The first-order valence-electron chi connectivity index (χ1n) is 8.50. The standard InChI is InChI=1S/C18H20N2O4S/c21-18(17-4-3-11-24-17)19-10-7-14-5-6-16(12-15(14)13-19)25(22,23)20-8-1-2-9-20/h3-6,11-12H,1-2,7-10,13H2. The maximum Gasteiger partial charge on any atom is 0.289 e. The third-order valence-corrected chi connectivity index (χ3v) is 6.81. The first kappa shape index (κ1) is 16.4. The predicted octanol–water partition coefficient (Wildman–Crippen LogP) is 2.26. The van der Waals surface area contributed by atoms with Crippen molar-refractivity contribution in [2.75, 3.05) is 19.6 Å². The van der Waals surface area contributed by atoms with Crippen LogP contribution in [0.1, 0.15) is 34.5 Å². The molecular formula is C18H20N2O4S. The molecule has 0 saturated carbocycles. The van der Waals surface area contributed by atoms with E-state index in [4.69, 9.17) is 4.42 Å². The van der Waals surface area contributed by atoms with Gasteiger partial charge in [0.15, 0.2) is 5.76 Å². The number of benzene rings is 1. The van der Waals surface area contributed by atoms with Crippen molar-refractivity contribution >= 4 is 15.9 Å². The Balaban J connectivity index is 1.60. The van der Waals surface area contributed by atoms with Gasteiger partial charge >= 0.3 is 0 Å². The molecular weight excluding hydrogens is 340 g/mol. The van der Waals surface area contributed by atoms with Crippen molar-refractivity contribution in [2.24, 2.45) is 0 Å². The minimum atomic E-state index is -3.44. The second-order valence-electron chi connectivity index (χ2n) is 6.50. The molecule has 4 rings (SSSR count). The highest BCUT2D eigenvalue weighted by atomic mass is 32.2. The number of fused-ring (bicyclic) bond motifs is 1. The summed E-state index contributed by atoms with van der Waals surface area (Å²) in [5.74, 6) is 0.146. The summed E-state index contributed by atoms with van der Waals surface area (Å²) in [6.45, 7) is 2.17. The Kier molecular flexibility index (Phi) is 4.13. The zero-order chi connectivity index (χ0) is 17.4. The molecule has 0 aliphatic carbocycles. The molecule has 0 radical (unpaired) electrons. The molecule has 25 heavy (non-hydrogen) atoms. The minimum absolute atomic E-state index is 0.163. The third-order valence-electron chi connectivity index (χ3n) is 4.91. The molecule has 1 fully saturated rings. The number of nitrogens with zero attached hydrogens (tertiary/aromatic N) is 2. The Labute approximate surface area is 147 Å². The Morgan fingerprint density at radius 1 is 1.04 bits per heavy atom. The molecule has 0 spiro atoms. The van der Waals surface area contributed by atoms with Gasteiger partial charge in [-0.25, -0.2) is 8.42 Å². The van der Waals surface area contributed by atoms with Gasteiger partial charge in [-0.05, 0) is 54.7 Å². The fraction of sp³-hybridized carbons (Fsp3) is 0.389. The third kappa shape index (κ3) is 2.98. The SMILES string of the molecule is O=C(c1ccco1)N1CCc2ccc(S(=O)(=O)N3CCCC3)cc2C1. The molecule has 0 bridgehead atoms. The lowest BCUT2D eigenvalue weighted by Crippen LogP contribution is -2.36.